The molecule has 2 aromatic rings. The van der Waals surface area contributed by atoms with Crippen molar-refractivity contribution < 1.29 is 19.4 Å². The van der Waals surface area contributed by atoms with Crippen molar-refractivity contribution in [2.45, 2.75) is 19.9 Å². The lowest BCUT2D eigenvalue weighted by molar-refractivity contribution is 0.140. The highest BCUT2D eigenvalue weighted by atomic mass is 32.1. The Balaban J connectivity index is 1.95. The number of thiazole rings is 1. The predicted molar refractivity (Wildman–Crippen MR) is 88.4 cm³/mol. The van der Waals surface area contributed by atoms with Crippen LogP contribution in [0.25, 0.3) is 5.69 Å². The lowest BCUT2D eigenvalue weighted by atomic mass is 9.99. The first-order chi connectivity index (χ1) is 11.6. The van der Waals surface area contributed by atoms with Crippen LogP contribution in [0.15, 0.2) is 34.8 Å². The van der Waals surface area contributed by atoms with Crippen LogP contribution in [-0.4, -0.2) is 39.9 Å². The molecule has 3 rings (SSSR count). The molecule has 0 radical (unpaired) electrons. The van der Waals surface area contributed by atoms with E-state index < -0.39 is 12.2 Å². The minimum absolute atomic E-state index is 0.275. The normalized spacial score (nSPS) is 14.4. The summed E-state index contributed by atoms with van der Waals surface area (Å²) in [5, 5.41) is 11.0. The molecule has 7 nitrogen and oxygen atoms in total. The van der Waals surface area contributed by atoms with Gasteiger partial charge in [0.25, 0.3) is 0 Å². The van der Waals surface area contributed by atoms with E-state index in [0.717, 1.165) is 16.8 Å². The van der Waals surface area contributed by atoms with Crippen LogP contribution in [0.5, 0.6) is 0 Å². The number of carboxylic acid groups (broad SMARTS) is 1. The quantitative estimate of drug-likeness (QED) is 0.905. The zero-order valence-corrected chi connectivity index (χ0v) is 14.0. The Hall–Kier alpha value is -2.61. The molecular weight excluding hydrogens is 330 g/mol. The highest BCUT2D eigenvalue weighted by Crippen LogP contribution is 2.22. The molecule has 0 atom stereocenters. The van der Waals surface area contributed by atoms with Gasteiger partial charge in [-0.2, -0.15) is 0 Å². The van der Waals surface area contributed by atoms with Gasteiger partial charge in [-0.1, -0.05) is 6.07 Å². The molecule has 2 amide bonds. The average molecular weight is 347 g/mol. The number of nitrogens with zero attached hydrogens (tertiary/aromatic N) is 3. The van der Waals surface area contributed by atoms with Crippen molar-refractivity contribution in [3.8, 4) is 5.69 Å². The fourth-order valence-electron chi connectivity index (χ4n) is 2.64. The van der Waals surface area contributed by atoms with Gasteiger partial charge in [-0.05, 0) is 36.6 Å². The number of ether oxygens (including phenoxy) is 1. The SMILES string of the molecule is CCOC(=O)N=c1sccn1-c1ccc2c(c1)CN(C(=O)O)CC2. The third-order valence-corrected chi connectivity index (χ3v) is 4.55. The second-order valence-corrected chi connectivity index (χ2v) is 6.15. The summed E-state index contributed by atoms with van der Waals surface area (Å²) in [4.78, 5) is 28.6. The maximum atomic E-state index is 11.6. The van der Waals surface area contributed by atoms with Crippen molar-refractivity contribution >= 4 is 23.5 Å². The summed E-state index contributed by atoms with van der Waals surface area (Å²) < 4.78 is 6.65. The summed E-state index contributed by atoms with van der Waals surface area (Å²) in [7, 11) is 0. The van der Waals surface area contributed by atoms with E-state index in [9.17, 15) is 9.59 Å². The molecule has 1 aromatic heterocycles. The molecule has 0 aliphatic carbocycles. The van der Waals surface area contributed by atoms with E-state index in [1.54, 1.807) is 11.5 Å². The molecule has 126 valence electrons. The van der Waals surface area contributed by atoms with Crippen molar-refractivity contribution in [1.29, 1.82) is 0 Å². The third-order valence-electron chi connectivity index (χ3n) is 3.80. The fraction of sp³-hybridized carbons (Fsp3) is 0.312. The summed E-state index contributed by atoms with van der Waals surface area (Å²) in [6.45, 7) is 2.88. The smallest absolute Gasteiger partial charge is 0.436 e. The van der Waals surface area contributed by atoms with Crippen LogP contribution in [0.1, 0.15) is 18.1 Å². The number of carbonyl (C=O) groups is 2. The number of benzene rings is 1. The molecule has 0 saturated carbocycles. The monoisotopic (exact) mass is 347 g/mol. The van der Waals surface area contributed by atoms with Crippen LogP contribution in [-0.2, 0) is 17.7 Å². The van der Waals surface area contributed by atoms with Crippen LogP contribution in [0, 0.1) is 0 Å². The van der Waals surface area contributed by atoms with Gasteiger partial charge in [0.05, 0.1) is 6.61 Å². The lowest BCUT2D eigenvalue weighted by Crippen LogP contribution is -2.34. The number of hydrogen-bond acceptors (Lipinski definition) is 4. The Bertz CT molecular complexity index is 840. The highest BCUT2D eigenvalue weighted by molar-refractivity contribution is 7.07. The second kappa shape index (κ2) is 6.88. The van der Waals surface area contributed by atoms with Gasteiger partial charge in [0.1, 0.15) is 0 Å². The third kappa shape index (κ3) is 3.33. The van der Waals surface area contributed by atoms with Gasteiger partial charge in [-0.15, -0.1) is 16.3 Å². The first-order valence-corrected chi connectivity index (χ1v) is 8.44. The van der Waals surface area contributed by atoms with Crippen molar-refractivity contribution in [2.24, 2.45) is 4.99 Å². The summed E-state index contributed by atoms with van der Waals surface area (Å²) in [5.74, 6) is 0. The van der Waals surface area contributed by atoms with Crippen molar-refractivity contribution in [1.82, 2.24) is 9.47 Å². The molecule has 0 fully saturated rings. The van der Waals surface area contributed by atoms with Gasteiger partial charge in [0.2, 0.25) is 4.80 Å². The number of carbonyl (C=O) groups excluding carboxylic acids is 1. The largest absolute Gasteiger partial charge is 0.465 e. The van der Waals surface area contributed by atoms with Gasteiger partial charge < -0.3 is 14.7 Å². The van der Waals surface area contributed by atoms with E-state index in [1.807, 2.05) is 29.8 Å². The van der Waals surface area contributed by atoms with Crippen LogP contribution in [0.3, 0.4) is 0 Å². The van der Waals surface area contributed by atoms with Crippen LogP contribution < -0.4 is 4.80 Å². The Morgan fingerprint density at radius 2 is 2.21 bits per heavy atom. The minimum atomic E-state index is -0.910. The predicted octanol–water partition coefficient (Wildman–Crippen LogP) is 2.63. The average Bonchev–Trinajstić information content (AvgIpc) is 3.02. The molecule has 24 heavy (non-hydrogen) atoms. The number of hydrogen-bond donors (Lipinski definition) is 1. The van der Waals surface area contributed by atoms with E-state index in [0.29, 0.717) is 24.3 Å². The first-order valence-electron chi connectivity index (χ1n) is 7.56. The zero-order chi connectivity index (χ0) is 17.1. The molecule has 0 bridgehead atoms. The lowest BCUT2D eigenvalue weighted by Gasteiger charge is -2.26. The summed E-state index contributed by atoms with van der Waals surface area (Å²) in [6, 6.07) is 5.90. The van der Waals surface area contributed by atoms with Crippen LogP contribution in [0.4, 0.5) is 9.59 Å². The van der Waals surface area contributed by atoms with Gasteiger partial charge >= 0.3 is 12.2 Å². The molecule has 1 aliphatic heterocycles. The van der Waals surface area contributed by atoms with E-state index in [4.69, 9.17) is 9.84 Å². The topological polar surface area (TPSA) is 84.1 Å². The van der Waals surface area contributed by atoms with Gasteiger partial charge in [-0.25, -0.2) is 9.59 Å². The van der Waals surface area contributed by atoms with Gasteiger partial charge in [0.15, 0.2) is 0 Å². The van der Waals surface area contributed by atoms with Gasteiger partial charge in [0, 0.05) is 30.4 Å². The van der Waals surface area contributed by atoms with E-state index in [1.165, 1.54) is 16.2 Å². The Labute approximate surface area is 142 Å². The van der Waals surface area contributed by atoms with Crippen LogP contribution >= 0.6 is 11.3 Å². The van der Waals surface area contributed by atoms with Crippen molar-refractivity contribution in [3.05, 3.63) is 45.7 Å². The molecule has 0 unspecified atom stereocenters. The highest BCUT2D eigenvalue weighted by Gasteiger charge is 2.20. The Kier molecular flexibility index (Phi) is 4.66. The zero-order valence-electron chi connectivity index (χ0n) is 13.1. The summed E-state index contributed by atoms with van der Waals surface area (Å²) in [5.41, 5.74) is 2.96. The minimum Gasteiger partial charge on any atom is -0.465 e. The van der Waals surface area contributed by atoms with Crippen LogP contribution in [0.2, 0.25) is 0 Å². The number of fused-ring (bicyclic) bond motifs is 1. The van der Waals surface area contributed by atoms with E-state index in [2.05, 4.69) is 4.99 Å². The number of amides is 2. The summed E-state index contributed by atoms with van der Waals surface area (Å²) in [6.07, 6.45) is 0.995. The maximum absolute atomic E-state index is 11.6. The molecule has 2 heterocycles. The molecule has 0 saturated heterocycles. The fourth-order valence-corrected chi connectivity index (χ4v) is 3.35. The standard InChI is InChI=1S/C16H17N3O4S/c1-2-23-15(20)17-14-19(7-8-24-14)13-4-3-11-5-6-18(16(21)22)10-12(11)9-13/h3-4,7-9H,2,5-6,10H2,1H3,(H,21,22). The molecule has 1 N–H and O–H groups in total. The molecular formula is C16H17N3O4S. The number of aromatic nitrogens is 1. The molecule has 1 aliphatic rings. The van der Waals surface area contributed by atoms with E-state index >= 15 is 0 Å². The second-order valence-electron chi connectivity index (χ2n) is 5.27. The first kappa shape index (κ1) is 16.3. The maximum Gasteiger partial charge on any atom is 0.436 e. The Morgan fingerprint density at radius 1 is 1.38 bits per heavy atom. The van der Waals surface area contributed by atoms with Crippen molar-refractivity contribution in [2.75, 3.05) is 13.2 Å². The summed E-state index contributed by atoms with van der Waals surface area (Å²) >= 11 is 1.33. The molecule has 1 aromatic carbocycles. The van der Waals surface area contributed by atoms with Gasteiger partial charge in [-0.3, -0.25) is 4.57 Å². The molecule has 8 heteroatoms. The van der Waals surface area contributed by atoms with E-state index in [-0.39, 0.29) is 6.61 Å². The number of rotatable bonds is 2. The van der Waals surface area contributed by atoms with Crippen molar-refractivity contribution in [3.63, 3.8) is 0 Å². The molecule has 0 spiro atoms. The Morgan fingerprint density at radius 3 is 2.96 bits per heavy atom.